The summed E-state index contributed by atoms with van der Waals surface area (Å²) in [5.74, 6) is -1.82. The van der Waals surface area contributed by atoms with E-state index in [9.17, 15) is 17.6 Å². The third kappa shape index (κ3) is 3.91. The molecule has 0 aromatic heterocycles. The molecule has 0 bridgehead atoms. The average molecular weight is 250 g/mol. The molecule has 1 unspecified atom stereocenters. The summed E-state index contributed by atoms with van der Waals surface area (Å²) in [7, 11) is 0. The van der Waals surface area contributed by atoms with Crippen LogP contribution < -0.4 is 4.74 Å². The summed E-state index contributed by atoms with van der Waals surface area (Å²) in [6, 6.07) is 3.83. The van der Waals surface area contributed by atoms with Crippen LogP contribution in [0.1, 0.15) is 38.2 Å². The molecule has 0 amide bonds. The molecule has 1 rings (SSSR count). The molecule has 1 aromatic carbocycles. The number of hydrogen-bond donors (Lipinski definition) is 0. The van der Waals surface area contributed by atoms with E-state index in [1.165, 1.54) is 12.1 Å². The highest BCUT2D eigenvalue weighted by molar-refractivity contribution is 5.33. The van der Waals surface area contributed by atoms with Gasteiger partial charge in [0.25, 0.3) is 0 Å². The largest absolute Gasteiger partial charge is 0.573 e. The maximum Gasteiger partial charge on any atom is 0.573 e. The number of benzene rings is 1. The Morgan fingerprint density at radius 3 is 2.47 bits per heavy atom. The molecule has 0 spiro atoms. The number of ether oxygens (including phenoxy) is 1. The van der Waals surface area contributed by atoms with Crippen LogP contribution in [0.25, 0.3) is 0 Å². The maximum atomic E-state index is 13.8. The molecular formula is C12H14F4O. The summed E-state index contributed by atoms with van der Waals surface area (Å²) in [5.41, 5.74) is 0.258. The van der Waals surface area contributed by atoms with Gasteiger partial charge in [-0.1, -0.05) is 32.4 Å². The zero-order valence-electron chi connectivity index (χ0n) is 9.64. The van der Waals surface area contributed by atoms with Gasteiger partial charge in [-0.3, -0.25) is 0 Å². The van der Waals surface area contributed by atoms with Gasteiger partial charge in [0.1, 0.15) is 0 Å². The summed E-state index contributed by atoms with van der Waals surface area (Å²) >= 11 is 0. The van der Waals surface area contributed by atoms with E-state index in [1.807, 2.05) is 6.92 Å². The van der Waals surface area contributed by atoms with Gasteiger partial charge in [-0.25, -0.2) is 4.39 Å². The van der Waals surface area contributed by atoms with Gasteiger partial charge in [-0.2, -0.15) is 0 Å². The molecule has 1 atom stereocenters. The molecule has 96 valence electrons. The molecule has 0 fully saturated rings. The first-order valence-electron chi connectivity index (χ1n) is 5.39. The fourth-order valence-electron chi connectivity index (χ4n) is 1.70. The summed E-state index contributed by atoms with van der Waals surface area (Å²) < 4.78 is 53.4. The average Bonchev–Trinajstić information content (AvgIpc) is 2.19. The van der Waals surface area contributed by atoms with E-state index in [2.05, 4.69) is 4.74 Å². The molecule has 0 saturated carbocycles. The van der Waals surface area contributed by atoms with E-state index < -0.39 is 17.9 Å². The van der Waals surface area contributed by atoms with Crippen molar-refractivity contribution in [1.82, 2.24) is 0 Å². The molecule has 0 saturated heterocycles. The van der Waals surface area contributed by atoms with Crippen molar-refractivity contribution in [1.29, 1.82) is 0 Å². The number of alkyl halides is 3. The first kappa shape index (κ1) is 13.8. The van der Waals surface area contributed by atoms with Crippen molar-refractivity contribution in [2.24, 2.45) is 0 Å². The lowest BCUT2D eigenvalue weighted by molar-refractivity contribution is -0.275. The van der Waals surface area contributed by atoms with E-state index in [-0.39, 0.29) is 11.5 Å². The molecule has 0 aliphatic heterocycles. The van der Waals surface area contributed by atoms with Crippen LogP contribution >= 0.6 is 0 Å². The van der Waals surface area contributed by atoms with Gasteiger partial charge in [-0.15, -0.1) is 13.2 Å². The Balaban J connectivity index is 2.99. The van der Waals surface area contributed by atoms with Crippen LogP contribution in [-0.2, 0) is 0 Å². The fraction of sp³-hybridized carbons (Fsp3) is 0.500. The SMILES string of the molecule is CCCC(C)c1cccc(OC(F)(F)F)c1F. The minimum absolute atomic E-state index is 0.128. The second-order valence-electron chi connectivity index (χ2n) is 3.90. The van der Waals surface area contributed by atoms with E-state index >= 15 is 0 Å². The minimum Gasteiger partial charge on any atom is -0.403 e. The third-order valence-corrected chi connectivity index (χ3v) is 2.47. The number of rotatable bonds is 4. The van der Waals surface area contributed by atoms with Gasteiger partial charge < -0.3 is 4.74 Å². The van der Waals surface area contributed by atoms with Crippen molar-refractivity contribution in [2.45, 2.75) is 39.0 Å². The van der Waals surface area contributed by atoms with Crippen LogP contribution in [0.5, 0.6) is 5.75 Å². The Hall–Kier alpha value is -1.26. The van der Waals surface area contributed by atoms with E-state index in [0.29, 0.717) is 6.42 Å². The van der Waals surface area contributed by atoms with Crippen molar-refractivity contribution in [3.05, 3.63) is 29.6 Å². The van der Waals surface area contributed by atoms with Crippen molar-refractivity contribution < 1.29 is 22.3 Å². The van der Waals surface area contributed by atoms with Gasteiger partial charge in [0.15, 0.2) is 11.6 Å². The van der Waals surface area contributed by atoms with E-state index in [0.717, 1.165) is 12.5 Å². The molecule has 0 N–H and O–H groups in total. The van der Waals surface area contributed by atoms with Gasteiger partial charge in [0.05, 0.1) is 0 Å². The van der Waals surface area contributed by atoms with Crippen molar-refractivity contribution >= 4 is 0 Å². The highest BCUT2D eigenvalue weighted by Gasteiger charge is 2.33. The summed E-state index contributed by atoms with van der Waals surface area (Å²) in [4.78, 5) is 0. The molecule has 0 aliphatic carbocycles. The van der Waals surface area contributed by atoms with Crippen molar-refractivity contribution in [2.75, 3.05) is 0 Å². The Labute approximate surface area is 97.4 Å². The van der Waals surface area contributed by atoms with Crippen LogP contribution in [0.4, 0.5) is 17.6 Å². The molecule has 0 aliphatic rings. The van der Waals surface area contributed by atoms with Gasteiger partial charge in [0.2, 0.25) is 0 Å². The number of hydrogen-bond acceptors (Lipinski definition) is 1. The third-order valence-electron chi connectivity index (χ3n) is 2.47. The van der Waals surface area contributed by atoms with Crippen molar-refractivity contribution in [3.63, 3.8) is 0 Å². The van der Waals surface area contributed by atoms with Crippen molar-refractivity contribution in [3.8, 4) is 5.75 Å². The maximum absolute atomic E-state index is 13.8. The summed E-state index contributed by atoms with van der Waals surface area (Å²) in [6.45, 7) is 3.71. The summed E-state index contributed by atoms with van der Waals surface area (Å²) in [6.07, 6.45) is -3.31. The highest BCUT2D eigenvalue weighted by atomic mass is 19.4. The lowest BCUT2D eigenvalue weighted by Crippen LogP contribution is -2.18. The fourth-order valence-corrected chi connectivity index (χ4v) is 1.70. The molecule has 1 aromatic rings. The van der Waals surface area contributed by atoms with Crippen LogP contribution in [0.2, 0.25) is 0 Å². The van der Waals surface area contributed by atoms with Crippen LogP contribution in [0, 0.1) is 5.82 Å². The monoisotopic (exact) mass is 250 g/mol. The van der Waals surface area contributed by atoms with Gasteiger partial charge >= 0.3 is 6.36 Å². The first-order chi connectivity index (χ1) is 7.85. The normalized spacial score (nSPS) is 13.5. The van der Waals surface area contributed by atoms with E-state index in [1.54, 1.807) is 6.92 Å². The molecule has 0 radical (unpaired) electrons. The predicted molar refractivity (Wildman–Crippen MR) is 56.4 cm³/mol. The zero-order valence-corrected chi connectivity index (χ0v) is 9.64. The smallest absolute Gasteiger partial charge is 0.403 e. The summed E-state index contributed by atoms with van der Waals surface area (Å²) in [5, 5.41) is 0. The Bertz CT molecular complexity index is 373. The molecule has 5 heteroatoms. The molecule has 17 heavy (non-hydrogen) atoms. The Morgan fingerprint density at radius 1 is 1.29 bits per heavy atom. The Kier molecular flexibility index (Phi) is 4.37. The van der Waals surface area contributed by atoms with Crippen LogP contribution in [-0.4, -0.2) is 6.36 Å². The highest BCUT2D eigenvalue weighted by Crippen LogP contribution is 2.31. The lowest BCUT2D eigenvalue weighted by atomic mass is 9.96. The second-order valence-corrected chi connectivity index (χ2v) is 3.90. The standard InChI is InChI=1S/C12H14F4O/c1-3-5-8(2)9-6-4-7-10(11(9)13)17-12(14,15)16/h4,6-8H,3,5H2,1-2H3. The zero-order chi connectivity index (χ0) is 13.1. The topological polar surface area (TPSA) is 9.23 Å². The molecular weight excluding hydrogens is 236 g/mol. The second kappa shape index (κ2) is 5.38. The van der Waals surface area contributed by atoms with Gasteiger partial charge in [-0.05, 0) is 24.0 Å². The minimum atomic E-state index is -4.87. The molecule has 1 nitrogen and oxygen atoms in total. The van der Waals surface area contributed by atoms with Crippen LogP contribution in [0.3, 0.4) is 0 Å². The quantitative estimate of drug-likeness (QED) is 0.708. The first-order valence-corrected chi connectivity index (χ1v) is 5.39. The number of halogens is 4. The van der Waals surface area contributed by atoms with Crippen LogP contribution in [0.15, 0.2) is 18.2 Å². The lowest BCUT2D eigenvalue weighted by Gasteiger charge is -2.15. The predicted octanol–water partition coefficient (Wildman–Crippen LogP) is 4.63. The van der Waals surface area contributed by atoms with Gasteiger partial charge in [0, 0.05) is 0 Å². The Morgan fingerprint density at radius 2 is 1.94 bits per heavy atom. The molecule has 0 heterocycles. The van der Waals surface area contributed by atoms with E-state index in [4.69, 9.17) is 0 Å².